The number of benzene rings is 2. The second-order valence-corrected chi connectivity index (χ2v) is 13.6. The number of Topliss-reactive ketones (excluding diaryl/α,β-unsaturated/α-hetero) is 1. The van der Waals surface area contributed by atoms with Gasteiger partial charge in [0.05, 0.1) is 46.8 Å². The summed E-state index contributed by atoms with van der Waals surface area (Å²) in [5, 5.41) is 0.862. The molecule has 2 unspecified atom stereocenters. The predicted molar refractivity (Wildman–Crippen MR) is 171 cm³/mol. The summed E-state index contributed by atoms with van der Waals surface area (Å²) in [7, 11) is 0.646. The second-order valence-electron chi connectivity index (χ2n) is 10.6. The number of thioether (sulfide) groups is 1. The van der Waals surface area contributed by atoms with E-state index in [1.165, 1.54) is 6.92 Å². The number of carbonyl (C=O) groups excluding carboxylic acids is 1. The van der Waals surface area contributed by atoms with Gasteiger partial charge in [-0.2, -0.15) is 0 Å². The first-order chi connectivity index (χ1) is 21.7. The number of nitrogens with one attached hydrogen (secondary N) is 1. The molecule has 11 nitrogen and oxygen atoms in total. The molecule has 2 aromatic carbocycles. The highest BCUT2D eigenvalue weighted by atomic mass is 32.2. The van der Waals surface area contributed by atoms with Crippen molar-refractivity contribution in [1.82, 2.24) is 9.97 Å². The molecule has 0 bridgehead atoms. The summed E-state index contributed by atoms with van der Waals surface area (Å²) < 4.78 is 62.2. The lowest BCUT2D eigenvalue weighted by Crippen LogP contribution is -2.16. The summed E-state index contributed by atoms with van der Waals surface area (Å²) in [6, 6.07) is 7.09. The molecule has 1 N–H and O–H groups in total. The SMILES string of the molecule is CCCOc1c(OCCCCSc2ncc[nH]2)cc(C2CCC(c3cc(OC)c(OC)c(OC)c3)O2)cc1S(=O)(=O)CC(C)=O. The number of ether oxygens (including phenoxy) is 6. The van der Waals surface area contributed by atoms with E-state index < -0.39 is 27.5 Å². The number of imidazole rings is 1. The molecule has 0 saturated carbocycles. The van der Waals surface area contributed by atoms with Gasteiger partial charge in [0.1, 0.15) is 16.4 Å². The van der Waals surface area contributed by atoms with Gasteiger partial charge >= 0.3 is 0 Å². The van der Waals surface area contributed by atoms with Gasteiger partial charge in [-0.1, -0.05) is 18.7 Å². The fourth-order valence-electron chi connectivity index (χ4n) is 5.11. The third-order valence-electron chi connectivity index (χ3n) is 7.18. The Kier molecular flexibility index (Phi) is 12.4. The van der Waals surface area contributed by atoms with Crippen LogP contribution < -0.4 is 23.7 Å². The van der Waals surface area contributed by atoms with E-state index in [1.54, 1.807) is 57.6 Å². The van der Waals surface area contributed by atoms with Gasteiger partial charge in [0.25, 0.3) is 0 Å². The van der Waals surface area contributed by atoms with Crippen molar-refractivity contribution < 1.29 is 41.6 Å². The fraction of sp³-hybridized carbons (Fsp3) is 0.500. The van der Waals surface area contributed by atoms with Gasteiger partial charge in [0, 0.05) is 18.1 Å². The van der Waals surface area contributed by atoms with E-state index in [0.29, 0.717) is 61.0 Å². The number of hydrogen-bond donors (Lipinski definition) is 1. The van der Waals surface area contributed by atoms with Crippen LogP contribution in [-0.2, 0) is 19.4 Å². The van der Waals surface area contributed by atoms with E-state index in [0.717, 1.165) is 29.3 Å². The lowest BCUT2D eigenvalue weighted by atomic mass is 10.0. The van der Waals surface area contributed by atoms with E-state index in [9.17, 15) is 13.2 Å². The highest BCUT2D eigenvalue weighted by molar-refractivity contribution is 7.99. The smallest absolute Gasteiger partial charge is 0.203 e. The van der Waals surface area contributed by atoms with Crippen LogP contribution >= 0.6 is 11.8 Å². The number of sulfone groups is 1. The average Bonchev–Trinajstić information content (AvgIpc) is 3.73. The Balaban J connectivity index is 1.61. The molecular weight excluding hydrogens is 620 g/mol. The second kappa shape index (κ2) is 16.2. The van der Waals surface area contributed by atoms with Crippen LogP contribution in [0.2, 0.25) is 0 Å². The maximum Gasteiger partial charge on any atom is 0.203 e. The summed E-state index contributed by atoms with van der Waals surface area (Å²) in [5.74, 6) is 1.74. The Morgan fingerprint density at radius 3 is 2.18 bits per heavy atom. The van der Waals surface area contributed by atoms with Crippen LogP contribution in [0, 0.1) is 0 Å². The molecule has 1 saturated heterocycles. The molecule has 0 radical (unpaired) electrons. The molecule has 13 heteroatoms. The molecule has 1 aliphatic heterocycles. The number of nitrogens with zero attached hydrogens (tertiary/aromatic N) is 1. The van der Waals surface area contributed by atoms with Gasteiger partial charge in [-0.25, -0.2) is 13.4 Å². The molecule has 3 aromatic rings. The van der Waals surface area contributed by atoms with Crippen LogP contribution in [0.1, 0.15) is 69.3 Å². The van der Waals surface area contributed by atoms with Crippen molar-refractivity contribution in [2.45, 2.75) is 68.2 Å². The van der Waals surface area contributed by atoms with E-state index in [4.69, 9.17) is 28.4 Å². The Hall–Kier alpha value is -3.42. The Morgan fingerprint density at radius 2 is 1.60 bits per heavy atom. The van der Waals surface area contributed by atoms with Gasteiger partial charge in [-0.05, 0) is 74.4 Å². The van der Waals surface area contributed by atoms with E-state index >= 15 is 0 Å². The summed E-state index contributed by atoms with van der Waals surface area (Å²) in [6.07, 6.45) is 6.37. The predicted octanol–water partition coefficient (Wildman–Crippen LogP) is 6.13. The molecule has 0 aliphatic carbocycles. The van der Waals surface area contributed by atoms with Gasteiger partial charge in [0.15, 0.2) is 38.0 Å². The largest absolute Gasteiger partial charge is 0.493 e. The lowest BCUT2D eigenvalue weighted by molar-refractivity contribution is -0.114. The number of ketones is 1. The summed E-state index contributed by atoms with van der Waals surface area (Å²) in [4.78, 5) is 19.2. The van der Waals surface area contributed by atoms with Crippen LogP contribution in [0.5, 0.6) is 28.7 Å². The molecular formula is C32H42N2O9S2. The number of rotatable bonds is 18. The molecule has 45 heavy (non-hydrogen) atoms. The van der Waals surface area contributed by atoms with Crippen molar-refractivity contribution in [3.05, 3.63) is 47.8 Å². The molecule has 4 rings (SSSR count). The van der Waals surface area contributed by atoms with Crippen LogP contribution in [0.15, 0.2) is 46.7 Å². The number of aromatic nitrogens is 2. The van der Waals surface area contributed by atoms with Crippen LogP contribution in [-0.4, -0.2) is 70.2 Å². The van der Waals surface area contributed by atoms with Gasteiger partial charge < -0.3 is 33.4 Å². The summed E-state index contributed by atoms with van der Waals surface area (Å²) in [6.45, 7) is 3.84. The Labute approximate surface area is 269 Å². The summed E-state index contributed by atoms with van der Waals surface area (Å²) >= 11 is 1.63. The molecule has 2 atom stereocenters. The third kappa shape index (κ3) is 8.86. The summed E-state index contributed by atoms with van der Waals surface area (Å²) in [5.41, 5.74) is 1.49. The Bertz CT molecular complexity index is 1500. The highest BCUT2D eigenvalue weighted by Crippen LogP contribution is 2.48. The number of carbonyl (C=O) groups is 1. The number of unbranched alkanes of at least 4 members (excludes halogenated alkanes) is 1. The van der Waals surface area contributed by atoms with Gasteiger partial charge in [0.2, 0.25) is 5.75 Å². The number of aromatic amines is 1. The average molecular weight is 663 g/mol. The van der Waals surface area contributed by atoms with Gasteiger partial charge in [-0.3, -0.25) is 4.79 Å². The molecule has 0 amide bonds. The van der Waals surface area contributed by atoms with Crippen molar-refractivity contribution in [3.8, 4) is 28.7 Å². The molecule has 2 heterocycles. The number of methoxy groups -OCH3 is 3. The van der Waals surface area contributed by atoms with Crippen molar-refractivity contribution in [2.24, 2.45) is 0 Å². The number of hydrogen-bond acceptors (Lipinski definition) is 11. The first kappa shape index (κ1) is 34.5. The van der Waals surface area contributed by atoms with Crippen molar-refractivity contribution in [1.29, 1.82) is 0 Å². The minimum absolute atomic E-state index is 0.0631. The molecule has 1 aromatic heterocycles. The van der Waals surface area contributed by atoms with Crippen LogP contribution in [0.25, 0.3) is 0 Å². The van der Waals surface area contributed by atoms with Crippen molar-refractivity contribution in [2.75, 3.05) is 46.0 Å². The first-order valence-electron chi connectivity index (χ1n) is 14.9. The molecule has 1 aliphatic rings. The molecule has 246 valence electrons. The fourth-order valence-corrected chi connectivity index (χ4v) is 7.39. The quantitative estimate of drug-likeness (QED) is 0.124. The molecule has 0 spiro atoms. The Morgan fingerprint density at radius 1 is 0.933 bits per heavy atom. The number of H-pyrrole nitrogens is 1. The highest BCUT2D eigenvalue weighted by Gasteiger charge is 2.33. The van der Waals surface area contributed by atoms with Crippen molar-refractivity contribution >= 4 is 27.4 Å². The zero-order valence-electron chi connectivity index (χ0n) is 26.4. The standard InChI is InChI=1S/C32H42N2O9S2/c1-6-13-42-31-28(41-14-7-8-15-44-32-33-11-12-34-32)18-23(19-29(31)45(36,37)20-21(2)35)25-10-9-24(43-25)22-16-26(38-3)30(40-5)27(17-22)39-4/h11-12,16-19,24-25H,6-10,13-15,20H2,1-5H3,(H,33,34). The monoisotopic (exact) mass is 662 g/mol. The van der Waals surface area contributed by atoms with Crippen LogP contribution in [0.4, 0.5) is 0 Å². The van der Waals surface area contributed by atoms with Crippen molar-refractivity contribution in [3.63, 3.8) is 0 Å². The van der Waals surface area contributed by atoms with Crippen LogP contribution in [0.3, 0.4) is 0 Å². The van der Waals surface area contributed by atoms with E-state index in [1.807, 2.05) is 19.1 Å². The topological polar surface area (TPSA) is 135 Å². The maximum atomic E-state index is 13.5. The zero-order chi connectivity index (χ0) is 32.4. The maximum absolute atomic E-state index is 13.5. The third-order valence-corrected chi connectivity index (χ3v) is 9.93. The first-order valence-corrected chi connectivity index (χ1v) is 17.6. The minimum Gasteiger partial charge on any atom is -0.493 e. The zero-order valence-corrected chi connectivity index (χ0v) is 28.1. The lowest BCUT2D eigenvalue weighted by Gasteiger charge is -2.21. The normalized spacial score (nSPS) is 16.4. The molecule has 1 fully saturated rings. The van der Waals surface area contributed by atoms with Gasteiger partial charge in [-0.15, -0.1) is 0 Å². The van der Waals surface area contributed by atoms with E-state index in [-0.39, 0.29) is 16.7 Å². The minimum atomic E-state index is -4.02. The van der Waals surface area contributed by atoms with E-state index in [2.05, 4.69) is 9.97 Å².